The molecule has 0 aliphatic carbocycles. The molecule has 11 heteroatoms. The molecule has 250 valence electrons. The first-order valence-corrected chi connectivity index (χ1v) is 15.9. The Morgan fingerprint density at radius 1 is 0.878 bits per heavy atom. The fourth-order valence-corrected chi connectivity index (χ4v) is 5.81. The largest absolute Gasteiger partial charge is 0.497 e. The number of nitrogens with zero attached hydrogens (tertiary/aromatic N) is 4. The van der Waals surface area contributed by atoms with Crippen molar-refractivity contribution in [3.05, 3.63) is 142 Å². The van der Waals surface area contributed by atoms with Gasteiger partial charge < -0.3 is 19.9 Å². The predicted molar refractivity (Wildman–Crippen MR) is 187 cm³/mol. The second-order valence-electron chi connectivity index (χ2n) is 11.7. The van der Waals surface area contributed by atoms with Crippen molar-refractivity contribution in [1.82, 2.24) is 24.2 Å². The lowest BCUT2D eigenvalue weighted by atomic mass is 10.1. The first-order valence-electron chi connectivity index (χ1n) is 15.9. The van der Waals surface area contributed by atoms with Crippen molar-refractivity contribution in [3.8, 4) is 28.1 Å². The molecular weight excluding hydrogens is 626 g/mol. The highest BCUT2D eigenvalue weighted by atomic mass is 19.1. The molecule has 0 bridgehead atoms. The molecule has 4 aromatic carbocycles. The number of anilines is 1. The zero-order valence-corrected chi connectivity index (χ0v) is 27.4. The highest BCUT2D eigenvalue weighted by Crippen LogP contribution is 2.29. The van der Waals surface area contributed by atoms with Gasteiger partial charge in [0.1, 0.15) is 17.4 Å². The van der Waals surface area contributed by atoms with E-state index < -0.39 is 11.6 Å². The zero-order valence-electron chi connectivity index (χ0n) is 27.4. The van der Waals surface area contributed by atoms with Gasteiger partial charge in [0.15, 0.2) is 0 Å². The number of nitrogens with one attached hydrogen (secondary N) is 2. The van der Waals surface area contributed by atoms with Crippen LogP contribution in [0.15, 0.2) is 108 Å². The molecule has 0 aliphatic rings. The van der Waals surface area contributed by atoms with E-state index in [-0.39, 0.29) is 29.5 Å². The molecular formula is C38H36F2N6O3. The Kier molecular flexibility index (Phi) is 9.82. The van der Waals surface area contributed by atoms with Crippen molar-refractivity contribution in [2.24, 2.45) is 0 Å². The summed E-state index contributed by atoms with van der Waals surface area (Å²) >= 11 is 0. The monoisotopic (exact) mass is 662 g/mol. The van der Waals surface area contributed by atoms with Crippen LogP contribution in [-0.2, 0) is 19.6 Å². The molecule has 0 atom stereocenters. The second-order valence-corrected chi connectivity index (χ2v) is 11.7. The van der Waals surface area contributed by atoms with E-state index in [1.807, 2.05) is 56.4 Å². The van der Waals surface area contributed by atoms with Crippen LogP contribution in [0, 0.1) is 11.6 Å². The van der Waals surface area contributed by atoms with Crippen LogP contribution < -0.4 is 20.9 Å². The first-order chi connectivity index (χ1) is 23.7. The lowest BCUT2D eigenvalue weighted by Crippen LogP contribution is -2.28. The Labute approximate surface area is 282 Å². The van der Waals surface area contributed by atoms with Crippen molar-refractivity contribution in [2.75, 3.05) is 26.0 Å². The zero-order chi connectivity index (χ0) is 34.5. The fourth-order valence-electron chi connectivity index (χ4n) is 5.81. The predicted octanol–water partition coefficient (Wildman–Crippen LogP) is 6.94. The van der Waals surface area contributed by atoms with E-state index in [1.54, 1.807) is 54.3 Å². The van der Waals surface area contributed by atoms with Crippen LogP contribution in [0.2, 0.25) is 0 Å². The third-order valence-corrected chi connectivity index (χ3v) is 8.19. The molecule has 2 N–H and O–H groups in total. The number of aromatic nitrogens is 3. The van der Waals surface area contributed by atoms with Gasteiger partial charge in [0.2, 0.25) is 5.78 Å². The molecule has 0 fully saturated rings. The summed E-state index contributed by atoms with van der Waals surface area (Å²) in [5.74, 6) is -0.551. The molecule has 6 aromatic rings. The maximum Gasteiger partial charge on any atom is 0.319 e. The van der Waals surface area contributed by atoms with E-state index in [4.69, 9.17) is 9.72 Å². The van der Waals surface area contributed by atoms with Gasteiger partial charge in [-0.2, -0.15) is 0 Å². The molecule has 49 heavy (non-hydrogen) atoms. The number of ether oxygens (including phenoxy) is 1. The molecule has 0 saturated heterocycles. The van der Waals surface area contributed by atoms with Gasteiger partial charge in [0, 0.05) is 42.6 Å². The summed E-state index contributed by atoms with van der Waals surface area (Å²) in [6.07, 6.45) is 1.60. The summed E-state index contributed by atoms with van der Waals surface area (Å²) in [7, 11) is 3.51. The number of hydrogen-bond donors (Lipinski definition) is 2. The topological polar surface area (TPSA) is 92.9 Å². The molecule has 0 saturated carbocycles. The van der Waals surface area contributed by atoms with Crippen molar-refractivity contribution >= 4 is 17.5 Å². The molecule has 9 nitrogen and oxygen atoms in total. The van der Waals surface area contributed by atoms with Gasteiger partial charge in [-0.15, -0.1) is 0 Å². The molecule has 2 amide bonds. The number of hydrogen-bond acceptors (Lipinski definition) is 5. The SMILES string of the molecule is CCNC(=O)Nc1ccc(-c2nc3n(Cc4c(F)cccc4F)cc(-c4ccc(OC)cc4)c(=O)n3c2CN(C)Cc2ccccc2)cc1. The summed E-state index contributed by atoms with van der Waals surface area (Å²) in [4.78, 5) is 33.7. The number of imidazole rings is 1. The molecule has 6 rings (SSSR count). The van der Waals surface area contributed by atoms with Crippen LogP contribution in [0.25, 0.3) is 28.2 Å². The van der Waals surface area contributed by atoms with E-state index >= 15 is 8.78 Å². The third-order valence-electron chi connectivity index (χ3n) is 8.19. The smallest absolute Gasteiger partial charge is 0.319 e. The van der Waals surface area contributed by atoms with Gasteiger partial charge in [-0.25, -0.2) is 23.0 Å². The quantitative estimate of drug-likeness (QED) is 0.157. The second kappa shape index (κ2) is 14.5. The van der Waals surface area contributed by atoms with Crippen molar-refractivity contribution in [2.45, 2.75) is 26.6 Å². The van der Waals surface area contributed by atoms with Crippen LogP contribution in [0.1, 0.15) is 23.7 Å². The third kappa shape index (κ3) is 7.21. The number of urea groups is 1. The van der Waals surface area contributed by atoms with Gasteiger partial charge in [-0.3, -0.25) is 9.69 Å². The highest BCUT2D eigenvalue weighted by molar-refractivity contribution is 5.89. The Hall–Kier alpha value is -5.81. The maximum absolute atomic E-state index is 15.0. The average Bonchev–Trinajstić information content (AvgIpc) is 3.47. The van der Waals surface area contributed by atoms with E-state index in [0.717, 1.165) is 5.56 Å². The standard InChI is InChI=1S/C38H36F2N6O3/c1-4-41-37(48)42-28-17-13-27(14-18-28)35-34(24-44(2)21-25-9-6-5-7-10-25)46-36(47)30(26-15-19-29(49-3)20-16-26)22-45(38(46)43-35)23-31-32(39)11-8-12-33(31)40/h5-20,22H,4,21,23-24H2,1-3H3,(H2,41,42,48). The minimum absolute atomic E-state index is 0.151. The molecule has 0 spiro atoms. The molecule has 0 radical (unpaired) electrons. The minimum atomic E-state index is -0.701. The fraction of sp³-hybridized carbons (Fsp3) is 0.184. The van der Waals surface area contributed by atoms with E-state index in [1.165, 1.54) is 22.6 Å². The number of benzene rings is 4. The van der Waals surface area contributed by atoms with Crippen molar-refractivity contribution in [3.63, 3.8) is 0 Å². The van der Waals surface area contributed by atoms with E-state index in [0.29, 0.717) is 59.1 Å². The van der Waals surface area contributed by atoms with Gasteiger partial charge in [0.25, 0.3) is 5.56 Å². The molecule has 0 aliphatic heterocycles. The average molecular weight is 663 g/mol. The number of rotatable bonds is 11. The van der Waals surface area contributed by atoms with Crippen molar-refractivity contribution < 1.29 is 18.3 Å². The van der Waals surface area contributed by atoms with E-state index in [2.05, 4.69) is 15.5 Å². The normalized spacial score (nSPS) is 11.2. The number of carbonyl (C=O) groups excluding carboxylic acids is 1. The van der Waals surface area contributed by atoms with Crippen LogP contribution in [0.5, 0.6) is 5.75 Å². The van der Waals surface area contributed by atoms with Crippen molar-refractivity contribution in [1.29, 1.82) is 0 Å². The summed E-state index contributed by atoms with van der Waals surface area (Å²) in [5.41, 5.74) is 3.94. The summed E-state index contributed by atoms with van der Waals surface area (Å²) < 4.78 is 38.5. The van der Waals surface area contributed by atoms with Gasteiger partial charge in [-0.05, 0) is 61.5 Å². The Morgan fingerprint density at radius 3 is 2.20 bits per heavy atom. The maximum atomic E-state index is 15.0. The van der Waals surface area contributed by atoms with Crippen LogP contribution >= 0.6 is 0 Å². The summed E-state index contributed by atoms with van der Waals surface area (Å²) in [5, 5.41) is 5.50. The molecule has 2 heterocycles. The van der Waals surface area contributed by atoms with Gasteiger partial charge in [0.05, 0.1) is 30.6 Å². The number of carbonyl (C=O) groups is 1. The summed E-state index contributed by atoms with van der Waals surface area (Å²) in [6.45, 7) is 3.02. The minimum Gasteiger partial charge on any atom is -0.497 e. The Bertz CT molecular complexity index is 2130. The van der Waals surface area contributed by atoms with Crippen LogP contribution in [-0.4, -0.2) is 45.6 Å². The van der Waals surface area contributed by atoms with Gasteiger partial charge in [-0.1, -0.05) is 60.7 Å². The highest BCUT2D eigenvalue weighted by Gasteiger charge is 2.23. The van der Waals surface area contributed by atoms with Crippen LogP contribution in [0.4, 0.5) is 19.3 Å². The number of halogens is 2. The van der Waals surface area contributed by atoms with E-state index in [9.17, 15) is 9.59 Å². The Morgan fingerprint density at radius 2 is 1.55 bits per heavy atom. The van der Waals surface area contributed by atoms with Crippen LogP contribution in [0.3, 0.4) is 0 Å². The molecule has 2 aromatic heterocycles. The first kappa shape index (κ1) is 33.1. The van der Waals surface area contributed by atoms with Gasteiger partial charge >= 0.3 is 6.03 Å². The molecule has 0 unspecified atom stereocenters. The Balaban J connectivity index is 1.55. The number of fused-ring (bicyclic) bond motifs is 1. The lowest BCUT2D eigenvalue weighted by molar-refractivity contribution is 0.252. The summed E-state index contributed by atoms with van der Waals surface area (Å²) in [6, 6.07) is 27.6. The lowest BCUT2D eigenvalue weighted by Gasteiger charge is -2.18. The number of methoxy groups -OCH3 is 1. The number of amides is 2.